The van der Waals surface area contributed by atoms with Gasteiger partial charge in [0.05, 0.1) is 0 Å². The molecular formula is C22H25N3O2. The first-order chi connectivity index (χ1) is 13.0. The normalized spacial score (nSPS) is 19.9. The van der Waals surface area contributed by atoms with E-state index in [-0.39, 0.29) is 17.9 Å². The lowest BCUT2D eigenvalue weighted by Crippen LogP contribution is -2.39. The standard InChI is InChI=1S/C22H25N3O2/c1-15-8-11-24(12-9-15)22(27)19-14-18(7-10-23-19)21(26)25-16(2)13-17-5-3-4-6-20(17)25/h3-7,10,14-16H,8-9,11-13H2,1-2H3. The van der Waals surface area contributed by atoms with Gasteiger partial charge in [0, 0.05) is 36.6 Å². The summed E-state index contributed by atoms with van der Waals surface area (Å²) in [6.45, 7) is 5.79. The minimum absolute atomic E-state index is 0.0730. The van der Waals surface area contributed by atoms with Gasteiger partial charge in [0.2, 0.25) is 0 Å². The van der Waals surface area contributed by atoms with Crippen LogP contribution >= 0.6 is 0 Å². The molecule has 1 unspecified atom stereocenters. The highest BCUT2D eigenvalue weighted by Gasteiger charge is 2.32. The Morgan fingerprint density at radius 3 is 2.56 bits per heavy atom. The molecule has 1 aromatic heterocycles. The number of anilines is 1. The summed E-state index contributed by atoms with van der Waals surface area (Å²) in [5.41, 5.74) is 3.02. The van der Waals surface area contributed by atoms with Gasteiger partial charge in [0.25, 0.3) is 11.8 Å². The number of carbonyl (C=O) groups excluding carboxylic acids is 2. The van der Waals surface area contributed by atoms with Crippen molar-refractivity contribution < 1.29 is 9.59 Å². The van der Waals surface area contributed by atoms with Gasteiger partial charge in [-0.2, -0.15) is 0 Å². The number of likely N-dealkylation sites (tertiary alicyclic amines) is 1. The van der Waals surface area contributed by atoms with Gasteiger partial charge in [0.1, 0.15) is 5.69 Å². The Morgan fingerprint density at radius 1 is 1.04 bits per heavy atom. The van der Waals surface area contributed by atoms with Crippen LogP contribution in [-0.2, 0) is 6.42 Å². The first-order valence-electron chi connectivity index (χ1n) is 9.71. The van der Waals surface area contributed by atoms with E-state index in [1.807, 2.05) is 28.0 Å². The Hall–Kier alpha value is -2.69. The number of pyridine rings is 1. The van der Waals surface area contributed by atoms with Gasteiger partial charge >= 0.3 is 0 Å². The molecule has 3 heterocycles. The summed E-state index contributed by atoms with van der Waals surface area (Å²) in [6.07, 6.45) is 4.46. The van der Waals surface area contributed by atoms with Crippen LogP contribution in [0.5, 0.6) is 0 Å². The SMILES string of the molecule is CC1CCN(C(=O)c2cc(C(=O)N3c4ccccc4CC3C)ccn2)CC1. The lowest BCUT2D eigenvalue weighted by molar-refractivity contribution is 0.0691. The van der Waals surface area contributed by atoms with E-state index >= 15 is 0 Å². The summed E-state index contributed by atoms with van der Waals surface area (Å²) >= 11 is 0. The molecule has 4 rings (SSSR count). The average Bonchev–Trinajstić information content (AvgIpc) is 3.03. The fourth-order valence-electron chi connectivity index (χ4n) is 4.07. The number of amides is 2. The Kier molecular flexibility index (Phi) is 4.68. The smallest absolute Gasteiger partial charge is 0.272 e. The monoisotopic (exact) mass is 363 g/mol. The molecule has 140 valence electrons. The molecule has 27 heavy (non-hydrogen) atoms. The zero-order valence-corrected chi connectivity index (χ0v) is 15.9. The second kappa shape index (κ2) is 7.14. The number of aromatic nitrogens is 1. The number of benzene rings is 1. The number of piperidine rings is 1. The predicted molar refractivity (Wildman–Crippen MR) is 105 cm³/mol. The molecular weight excluding hydrogens is 338 g/mol. The van der Waals surface area contributed by atoms with Crippen molar-refractivity contribution in [3.05, 3.63) is 59.4 Å². The minimum atomic E-state index is -0.0774. The first-order valence-corrected chi connectivity index (χ1v) is 9.71. The molecule has 0 spiro atoms. The van der Waals surface area contributed by atoms with Gasteiger partial charge < -0.3 is 9.80 Å². The van der Waals surface area contributed by atoms with E-state index in [1.165, 1.54) is 5.56 Å². The second-order valence-electron chi connectivity index (χ2n) is 7.76. The molecule has 1 fully saturated rings. The zero-order chi connectivity index (χ0) is 19.0. The van der Waals surface area contributed by atoms with Crippen molar-refractivity contribution in [3.8, 4) is 0 Å². The predicted octanol–water partition coefficient (Wildman–Crippen LogP) is 3.55. The summed E-state index contributed by atoms with van der Waals surface area (Å²) in [6, 6.07) is 11.5. The highest BCUT2D eigenvalue weighted by Crippen LogP contribution is 2.33. The van der Waals surface area contributed by atoms with Crippen molar-refractivity contribution in [2.45, 2.75) is 39.2 Å². The van der Waals surface area contributed by atoms with E-state index in [9.17, 15) is 9.59 Å². The molecule has 2 aromatic rings. The molecule has 0 radical (unpaired) electrons. The number of rotatable bonds is 2. The van der Waals surface area contributed by atoms with Gasteiger partial charge in [0.15, 0.2) is 0 Å². The quantitative estimate of drug-likeness (QED) is 0.820. The Labute approximate surface area is 160 Å². The van der Waals surface area contributed by atoms with E-state index in [4.69, 9.17) is 0 Å². The lowest BCUT2D eigenvalue weighted by Gasteiger charge is -2.30. The number of hydrogen-bond acceptors (Lipinski definition) is 3. The fraction of sp³-hybridized carbons (Fsp3) is 0.409. The van der Waals surface area contributed by atoms with Crippen molar-refractivity contribution in [2.24, 2.45) is 5.92 Å². The maximum atomic E-state index is 13.2. The summed E-state index contributed by atoms with van der Waals surface area (Å²) in [5, 5.41) is 0. The van der Waals surface area contributed by atoms with E-state index in [0.29, 0.717) is 17.2 Å². The molecule has 2 aliphatic rings. The van der Waals surface area contributed by atoms with Crippen molar-refractivity contribution in [2.75, 3.05) is 18.0 Å². The summed E-state index contributed by atoms with van der Waals surface area (Å²) in [5.74, 6) is 0.509. The fourth-order valence-corrected chi connectivity index (χ4v) is 4.07. The molecule has 0 N–H and O–H groups in total. The maximum absolute atomic E-state index is 13.2. The third kappa shape index (κ3) is 3.34. The van der Waals surface area contributed by atoms with Gasteiger partial charge in [-0.25, -0.2) is 0 Å². The number of hydrogen-bond donors (Lipinski definition) is 0. The van der Waals surface area contributed by atoms with Crippen LogP contribution in [-0.4, -0.2) is 40.8 Å². The van der Waals surface area contributed by atoms with E-state index in [2.05, 4.69) is 24.9 Å². The summed E-state index contributed by atoms with van der Waals surface area (Å²) in [4.78, 5) is 33.9. The minimum Gasteiger partial charge on any atom is -0.337 e. The van der Waals surface area contributed by atoms with Gasteiger partial charge in [-0.1, -0.05) is 25.1 Å². The first kappa shape index (κ1) is 17.7. The zero-order valence-electron chi connectivity index (χ0n) is 15.9. The molecule has 2 amide bonds. The van der Waals surface area contributed by atoms with Gasteiger partial charge in [-0.15, -0.1) is 0 Å². The summed E-state index contributed by atoms with van der Waals surface area (Å²) in [7, 11) is 0. The number of nitrogens with zero attached hydrogens (tertiary/aromatic N) is 3. The highest BCUT2D eigenvalue weighted by molar-refractivity contribution is 6.08. The lowest BCUT2D eigenvalue weighted by atomic mass is 9.99. The van der Waals surface area contributed by atoms with Crippen molar-refractivity contribution in [1.82, 2.24) is 9.88 Å². The van der Waals surface area contributed by atoms with Crippen LogP contribution < -0.4 is 4.90 Å². The van der Waals surface area contributed by atoms with E-state index in [0.717, 1.165) is 38.0 Å². The van der Waals surface area contributed by atoms with Crippen LogP contribution in [0.1, 0.15) is 53.1 Å². The molecule has 5 nitrogen and oxygen atoms in total. The van der Waals surface area contributed by atoms with Gasteiger partial charge in [-0.3, -0.25) is 14.6 Å². The Bertz CT molecular complexity index is 871. The van der Waals surface area contributed by atoms with Crippen molar-refractivity contribution in [3.63, 3.8) is 0 Å². The molecule has 5 heteroatoms. The average molecular weight is 363 g/mol. The van der Waals surface area contributed by atoms with Crippen LogP contribution in [0.2, 0.25) is 0 Å². The molecule has 1 atom stereocenters. The van der Waals surface area contributed by atoms with Crippen molar-refractivity contribution in [1.29, 1.82) is 0 Å². The number of fused-ring (bicyclic) bond motifs is 1. The summed E-state index contributed by atoms with van der Waals surface area (Å²) < 4.78 is 0. The molecule has 0 saturated carbocycles. The second-order valence-corrected chi connectivity index (χ2v) is 7.76. The largest absolute Gasteiger partial charge is 0.337 e. The third-order valence-corrected chi connectivity index (χ3v) is 5.72. The molecule has 2 aliphatic heterocycles. The van der Waals surface area contributed by atoms with Crippen LogP contribution in [0.3, 0.4) is 0 Å². The van der Waals surface area contributed by atoms with E-state index in [1.54, 1.807) is 18.3 Å². The molecule has 0 aliphatic carbocycles. The topological polar surface area (TPSA) is 53.5 Å². The van der Waals surface area contributed by atoms with E-state index < -0.39 is 0 Å². The Balaban J connectivity index is 1.57. The number of carbonyl (C=O) groups is 2. The van der Waals surface area contributed by atoms with Gasteiger partial charge in [-0.05, 0) is 55.9 Å². The maximum Gasteiger partial charge on any atom is 0.272 e. The number of para-hydroxylation sites is 1. The van der Waals surface area contributed by atoms with Crippen LogP contribution in [0.25, 0.3) is 0 Å². The van der Waals surface area contributed by atoms with Crippen molar-refractivity contribution >= 4 is 17.5 Å². The Morgan fingerprint density at radius 2 is 1.78 bits per heavy atom. The third-order valence-electron chi connectivity index (χ3n) is 5.72. The highest BCUT2D eigenvalue weighted by atomic mass is 16.2. The van der Waals surface area contributed by atoms with Crippen LogP contribution in [0.4, 0.5) is 5.69 Å². The van der Waals surface area contributed by atoms with Crippen LogP contribution in [0.15, 0.2) is 42.6 Å². The molecule has 0 bridgehead atoms. The molecule has 1 aromatic carbocycles. The van der Waals surface area contributed by atoms with Crippen LogP contribution in [0, 0.1) is 5.92 Å². The molecule has 1 saturated heterocycles.